The van der Waals surface area contributed by atoms with E-state index in [0.29, 0.717) is 24.8 Å². The molecule has 0 fully saturated rings. The fourth-order valence-electron chi connectivity index (χ4n) is 0.657. The summed E-state index contributed by atoms with van der Waals surface area (Å²) >= 11 is 1.31. The second-order valence-corrected chi connectivity index (χ2v) is 2.95. The van der Waals surface area contributed by atoms with E-state index in [2.05, 4.69) is 5.32 Å². The van der Waals surface area contributed by atoms with E-state index in [4.69, 9.17) is 4.74 Å². The summed E-state index contributed by atoms with van der Waals surface area (Å²) in [5.74, 6) is 0. The molecule has 0 bridgehead atoms. The first-order valence-electron chi connectivity index (χ1n) is 3.91. The molecule has 0 aromatic carbocycles. The number of rotatable bonds is 7. The first-order valence-corrected chi connectivity index (χ1v) is 5.14. The third-order valence-electron chi connectivity index (χ3n) is 1.19. The van der Waals surface area contributed by atoms with E-state index in [0.717, 1.165) is 6.20 Å². The van der Waals surface area contributed by atoms with Crippen LogP contribution in [0.1, 0.15) is 6.92 Å². The summed E-state index contributed by atoms with van der Waals surface area (Å²) in [6, 6.07) is 0. The molecule has 1 N–H and O–H groups in total. The maximum atomic E-state index is 10.1. The van der Waals surface area contributed by atoms with Crippen molar-refractivity contribution in [1.29, 1.82) is 0 Å². The molecule has 0 rings (SSSR count). The molecule has 0 aromatic rings. The molecule has 5 nitrogen and oxygen atoms in total. The van der Waals surface area contributed by atoms with E-state index >= 15 is 0 Å². The van der Waals surface area contributed by atoms with Gasteiger partial charge in [-0.1, -0.05) is 0 Å². The van der Waals surface area contributed by atoms with Crippen LogP contribution in [0.2, 0.25) is 0 Å². The lowest BCUT2D eigenvalue weighted by atomic mass is 10.6. The van der Waals surface area contributed by atoms with Crippen molar-refractivity contribution < 1.29 is 9.66 Å². The highest BCUT2D eigenvalue weighted by atomic mass is 32.2. The van der Waals surface area contributed by atoms with Gasteiger partial charge in [0.2, 0.25) is 0 Å². The van der Waals surface area contributed by atoms with E-state index in [-0.39, 0.29) is 0 Å². The van der Waals surface area contributed by atoms with Crippen molar-refractivity contribution in [3.63, 3.8) is 0 Å². The van der Waals surface area contributed by atoms with Crippen molar-refractivity contribution >= 4 is 11.8 Å². The summed E-state index contributed by atoms with van der Waals surface area (Å²) in [7, 11) is 0. The van der Waals surface area contributed by atoms with E-state index < -0.39 is 4.92 Å². The lowest BCUT2D eigenvalue weighted by molar-refractivity contribution is -0.403. The molecule has 76 valence electrons. The Balaban J connectivity index is 3.66. The van der Waals surface area contributed by atoms with Crippen LogP contribution in [-0.2, 0) is 4.74 Å². The van der Waals surface area contributed by atoms with Crippen LogP contribution in [0.4, 0.5) is 0 Å². The van der Waals surface area contributed by atoms with E-state index in [1.54, 1.807) is 6.26 Å². The summed E-state index contributed by atoms with van der Waals surface area (Å²) in [5, 5.41) is 13.5. The Kier molecular flexibility index (Phi) is 7.42. The number of thioether (sulfide) groups is 1. The Morgan fingerprint density at radius 3 is 2.92 bits per heavy atom. The van der Waals surface area contributed by atoms with Crippen LogP contribution < -0.4 is 5.32 Å². The Bertz CT molecular complexity index is 185. The van der Waals surface area contributed by atoms with Gasteiger partial charge in [0.15, 0.2) is 0 Å². The minimum Gasteiger partial charge on any atom is -0.380 e. The van der Waals surface area contributed by atoms with Crippen LogP contribution in [0.15, 0.2) is 11.2 Å². The zero-order valence-electron chi connectivity index (χ0n) is 7.78. The van der Waals surface area contributed by atoms with Crippen LogP contribution >= 0.6 is 11.8 Å². The van der Waals surface area contributed by atoms with Crippen molar-refractivity contribution in [3.05, 3.63) is 21.3 Å². The highest BCUT2D eigenvalue weighted by Crippen LogP contribution is 2.06. The topological polar surface area (TPSA) is 64.4 Å². The monoisotopic (exact) mass is 206 g/mol. The summed E-state index contributed by atoms with van der Waals surface area (Å²) in [4.78, 5) is 9.63. The van der Waals surface area contributed by atoms with Gasteiger partial charge in [-0.05, 0) is 13.2 Å². The lowest BCUT2D eigenvalue weighted by Gasteiger charge is -2.05. The lowest BCUT2D eigenvalue weighted by Crippen LogP contribution is -2.18. The third-order valence-corrected chi connectivity index (χ3v) is 1.88. The standard InChI is InChI=1S/C7H14N2O3S/c1-3-12-5-4-8-7(13-2)6-9(10)11/h6,8H,3-5H2,1-2H3/b7-6-. The van der Waals surface area contributed by atoms with E-state index in [1.807, 2.05) is 6.92 Å². The van der Waals surface area contributed by atoms with E-state index in [9.17, 15) is 10.1 Å². The average Bonchev–Trinajstić information content (AvgIpc) is 2.09. The van der Waals surface area contributed by atoms with Crippen molar-refractivity contribution in [1.82, 2.24) is 5.32 Å². The van der Waals surface area contributed by atoms with Gasteiger partial charge in [0.1, 0.15) is 5.03 Å². The Hall–Kier alpha value is -0.750. The van der Waals surface area contributed by atoms with Crippen molar-refractivity contribution in [3.8, 4) is 0 Å². The molecule has 0 spiro atoms. The van der Waals surface area contributed by atoms with Gasteiger partial charge < -0.3 is 10.1 Å². The van der Waals surface area contributed by atoms with Crippen molar-refractivity contribution in [2.24, 2.45) is 0 Å². The van der Waals surface area contributed by atoms with Crippen LogP contribution in [0.3, 0.4) is 0 Å². The molecule has 13 heavy (non-hydrogen) atoms. The number of nitrogens with one attached hydrogen (secondary N) is 1. The van der Waals surface area contributed by atoms with Crippen LogP contribution in [0.25, 0.3) is 0 Å². The number of ether oxygens (including phenoxy) is 1. The largest absolute Gasteiger partial charge is 0.380 e. The number of nitrogens with zero attached hydrogens (tertiary/aromatic N) is 1. The predicted octanol–water partition coefficient (Wildman–Crippen LogP) is 1.05. The maximum absolute atomic E-state index is 10.1. The van der Waals surface area contributed by atoms with Gasteiger partial charge in [0.25, 0.3) is 6.20 Å². The second-order valence-electron chi connectivity index (χ2n) is 2.11. The quantitative estimate of drug-likeness (QED) is 0.383. The van der Waals surface area contributed by atoms with Gasteiger partial charge in [-0.3, -0.25) is 10.1 Å². The third kappa shape index (κ3) is 7.61. The number of hydrogen-bond acceptors (Lipinski definition) is 5. The zero-order valence-corrected chi connectivity index (χ0v) is 8.60. The first-order chi connectivity index (χ1) is 6.20. The summed E-state index contributed by atoms with van der Waals surface area (Å²) in [6.45, 7) is 3.72. The second kappa shape index (κ2) is 7.88. The van der Waals surface area contributed by atoms with Crippen molar-refractivity contribution in [2.45, 2.75) is 6.92 Å². The Morgan fingerprint density at radius 1 is 1.77 bits per heavy atom. The fourth-order valence-corrected chi connectivity index (χ4v) is 1.09. The molecule has 0 unspecified atom stereocenters. The Morgan fingerprint density at radius 2 is 2.46 bits per heavy atom. The maximum Gasteiger partial charge on any atom is 0.263 e. The molecule has 0 saturated heterocycles. The van der Waals surface area contributed by atoms with Crippen LogP contribution in [0, 0.1) is 10.1 Å². The minimum absolute atomic E-state index is 0.473. The van der Waals surface area contributed by atoms with Crippen LogP contribution in [0.5, 0.6) is 0 Å². The molecule has 0 aliphatic heterocycles. The minimum atomic E-state index is -0.473. The highest BCUT2D eigenvalue weighted by Gasteiger charge is 1.99. The van der Waals surface area contributed by atoms with E-state index in [1.165, 1.54) is 11.8 Å². The molecule has 0 amide bonds. The van der Waals surface area contributed by atoms with Gasteiger partial charge in [0, 0.05) is 13.2 Å². The fraction of sp³-hybridized carbons (Fsp3) is 0.714. The normalized spacial score (nSPS) is 11.4. The molecule has 0 aliphatic rings. The molecule has 0 saturated carbocycles. The van der Waals surface area contributed by atoms with Crippen LogP contribution in [-0.4, -0.2) is 30.9 Å². The summed E-state index contributed by atoms with van der Waals surface area (Å²) in [6.07, 6.45) is 2.74. The average molecular weight is 206 g/mol. The van der Waals surface area contributed by atoms with Gasteiger partial charge in [-0.2, -0.15) is 0 Å². The summed E-state index contributed by atoms with van der Waals surface area (Å²) < 4.78 is 5.06. The molecule has 0 aromatic heterocycles. The van der Waals surface area contributed by atoms with Gasteiger partial charge in [-0.15, -0.1) is 11.8 Å². The number of hydrogen-bond donors (Lipinski definition) is 1. The molecule has 0 atom stereocenters. The van der Waals surface area contributed by atoms with Gasteiger partial charge in [0.05, 0.1) is 11.5 Å². The first kappa shape index (κ1) is 12.2. The smallest absolute Gasteiger partial charge is 0.263 e. The Labute approximate surface area is 81.7 Å². The molecular weight excluding hydrogens is 192 g/mol. The van der Waals surface area contributed by atoms with Gasteiger partial charge >= 0.3 is 0 Å². The van der Waals surface area contributed by atoms with Gasteiger partial charge in [-0.25, -0.2) is 0 Å². The SMILES string of the molecule is CCOCCN/C(=C/[N+](=O)[O-])SC. The molecule has 0 aliphatic carbocycles. The molecule has 0 radical (unpaired) electrons. The highest BCUT2D eigenvalue weighted by molar-refractivity contribution is 8.02. The number of nitro groups is 1. The predicted molar refractivity (Wildman–Crippen MR) is 53.1 cm³/mol. The molecule has 6 heteroatoms. The summed E-state index contributed by atoms with van der Waals surface area (Å²) in [5.41, 5.74) is 0. The molecule has 0 heterocycles. The molecular formula is C7H14N2O3S. The van der Waals surface area contributed by atoms with Crippen molar-refractivity contribution in [2.75, 3.05) is 26.0 Å². The zero-order chi connectivity index (χ0) is 10.1.